The third-order valence-corrected chi connectivity index (χ3v) is 3.05. The highest BCUT2D eigenvalue weighted by Gasteiger charge is 2.52. The molecule has 0 unspecified atom stereocenters. The molecule has 2 rings (SSSR count). The number of hydrogen-bond donors (Lipinski definition) is 0. The van der Waals surface area contributed by atoms with E-state index in [0.717, 1.165) is 0 Å². The van der Waals surface area contributed by atoms with Crippen LogP contribution >= 0.6 is 0 Å². The Morgan fingerprint density at radius 2 is 1.75 bits per heavy atom. The minimum Gasteiger partial charge on any atom is -0.455 e. The van der Waals surface area contributed by atoms with Crippen molar-refractivity contribution in [3.05, 3.63) is 0 Å². The molecule has 0 N–H and O–H groups in total. The quantitative estimate of drug-likeness (QED) is 0.648. The minimum atomic E-state index is -0.888. The lowest BCUT2D eigenvalue weighted by Crippen LogP contribution is -2.63. The molecule has 0 saturated carbocycles. The number of methoxy groups -OCH3 is 1. The SMILES string of the molecule is CO[C@H]1O[C@@H]2COCO[C@H]2[C@H](OC(C)=O)[C@H]1OC(C)=O. The Kier molecular flexibility index (Phi) is 4.92. The first-order valence-electron chi connectivity index (χ1n) is 6.25. The largest absolute Gasteiger partial charge is 0.455 e. The van der Waals surface area contributed by atoms with Gasteiger partial charge in [-0.1, -0.05) is 0 Å². The van der Waals surface area contributed by atoms with Crippen LogP contribution in [0.1, 0.15) is 13.8 Å². The maximum Gasteiger partial charge on any atom is 0.303 e. The van der Waals surface area contributed by atoms with E-state index < -0.39 is 42.6 Å². The van der Waals surface area contributed by atoms with E-state index in [1.807, 2.05) is 0 Å². The van der Waals surface area contributed by atoms with E-state index in [0.29, 0.717) is 0 Å². The van der Waals surface area contributed by atoms with Crippen LogP contribution in [0.3, 0.4) is 0 Å². The van der Waals surface area contributed by atoms with Crippen molar-refractivity contribution in [1.82, 2.24) is 0 Å². The first kappa shape index (κ1) is 15.2. The van der Waals surface area contributed by atoms with Crippen molar-refractivity contribution in [2.75, 3.05) is 20.5 Å². The molecule has 0 amide bonds. The van der Waals surface area contributed by atoms with E-state index in [2.05, 4.69) is 0 Å². The second kappa shape index (κ2) is 6.49. The van der Waals surface area contributed by atoms with Gasteiger partial charge in [0.2, 0.25) is 0 Å². The first-order valence-corrected chi connectivity index (χ1v) is 6.25. The highest BCUT2D eigenvalue weighted by molar-refractivity contribution is 5.67. The predicted molar refractivity (Wildman–Crippen MR) is 62.5 cm³/mol. The molecule has 0 aromatic rings. The van der Waals surface area contributed by atoms with Gasteiger partial charge in [0, 0.05) is 21.0 Å². The zero-order valence-corrected chi connectivity index (χ0v) is 11.6. The normalized spacial score (nSPS) is 36.9. The van der Waals surface area contributed by atoms with Crippen LogP contribution in [0.5, 0.6) is 0 Å². The number of esters is 2. The number of hydrogen-bond acceptors (Lipinski definition) is 8. The molecule has 0 aromatic heterocycles. The second-order valence-corrected chi connectivity index (χ2v) is 4.55. The fraction of sp³-hybridized carbons (Fsp3) is 0.833. The van der Waals surface area contributed by atoms with E-state index in [1.54, 1.807) is 0 Å². The smallest absolute Gasteiger partial charge is 0.303 e. The Bertz CT molecular complexity index is 370. The Balaban J connectivity index is 2.22. The summed E-state index contributed by atoms with van der Waals surface area (Å²) in [6.45, 7) is 2.88. The van der Waals surface area contributed by atoms with Gasteiger partial charge in [0.15, 0.2) is 18.5 Å². The van der Waals surface area contributed by atoms with Crippen molar-refractivity contribution in [3.63, 3.8) is 0 Å². The Morgan fingerprint density at radius 3 is 2.35 bits per heavy atom. The summed E-state index contributed by atoms with van der Waals surface area (Å²) in [5.74, 6) is -1.03. The molecule has 20 heavy (non-hydrogen) atoms. The summed E-state index contributed by atoms with van der Waals surface area (Å²) < 4.78 is 31.8. The van der Waals surface area contributed by atoms with Gasteiger partial charge in [-0.25, -0.2) is 0 Å². The maximum atomic E-state index is 11.3. The molecule has 0 bridgehead atoms. The van der Waals surface area contributed by atoms with E-state index in [9.17, 15) is 9.59 Å². The van der Waals surface area contributed by atoms with Crippen molar-refractivity contribution in [1.29, 1.82) is 0 Å². The second-order valence-electron chi connectivity index (χ2n) is 4.55. The Labute approximate surface area is 116 Å². The van der Waals surface area contributed by atoms with Gasteiger partial charge in [-0.15, -0.1) is 0 Å². The molecular formula is C12H18O8. The zero-order valence-electron chi connectivity index (χ0n) is 11.6. The molecule has 0 aromatic carbocycles. The number of rotatable bonds is 3. The van der Waals surface area contributed by atoms with Gasteiger partial charge < -0.3 is 28.4 Å². The van der Waals surface area contributed by atoms with E-state index in [-0.39, 0.29) is 13.4 Å². The van der Waals surface area contributed by atoms with Gasteiger partial charge in [0.05, 0.1) is 6.61 Å². The number of carbonyl (C=O) groups is 2. The van der Waals surface area contributed by atoms with Gasteiger partial charge >= 0.3 is 11.9 Å². The lowest BCUT2D eigenvalue weighted by molar-refractivity contribution is -0.337. The van der Waals surface area contributed by atoms with E-state index in [1.165, 1.54) is 21.0 Å². The summed E-state index contributed by atoms with van der Waals surface area (Å²) in [4.78, 5) is 22.5. The van der Waals surface area contributed by atoms with E-state index >= 15 is 0 Å². The predicted octanol–water partition coefficient (Wildman–Crippen LogP) is -0.406. The molecule has 2 heterocycles. The topological polar surface area (TPSA) is 89.5 Å². The molecule has 2 saturated heterocycles. The third-order valence-electron chi connectivity index (χ3n) is 3.05. The monoisotopic (exact) mass is 290 g/mol. The number of ether oxygens (including phenoxy) is 6. The van der Waals surface area contributed by atoms with Crippen LogP contribution in [-0.4, -0.2) is 63.2 Å². The van der Waals surface area contributed by atoms with Crippen LogP contribution < -0.4 is 0 Å². The molecule has 0 radical (unpaired) electrons. The van der Waals surface area contributed by atoms with Gasteiger partial charge in [-0.3, -0.25) is 9.59 Å². The van der Waals surface area contributed by atoms with Crippen molar-refractivity contribution >= 4 is 11.9 Å². The summed E-state index contributed by atoms with van der Waals surface area (Å²) in [7, 11) is 1.41. The minimum absolute atomic E-state index is 0.0622. The van der Waals surface area contributed by atoms with Crippen LogP contribution in [0.2, 0.25) is 0 Å². The van der Waals surface area contributed by atoms with Gasteiger partial charge in [-0.2, -0.15) is 0 Å². The average molecular weight is 290 g/mol. The lowest BCUT2D eigenvalue weighted by Gasteiger charge is -2.45. The summed E-state index contributed by atoms with van der Waals surface area (Å²) >= 11 is 0. The van der Waals surface area contributed by atoms with Crippen molar-refractivity contribution in [3.8, 4) is 0 Å². The lowest BCUT2D eigenvalue weighted by atomic mass is 9.98. The van der Waals surface area contributed by atoms with E-state index in [4.69, 9.17) is 28.4 Å². The fourth-order valence-corrected chi connectivity index (χ4v) is 2.34. The first-order chi connectivity index (χ1) is 9.52. The average Bonchev–Trinajstić information content (AvgIpc) is 2.40. The molecule has 8 heteroatoms. The highest BCUT2D eigenvalue weighted by Crippen LogP contribution is 2.30. The zero-order chi connectivity index (χ0) is 14.7. The number of carbonyl (C=O) groups excluding carboxylic acids is 2. The molecule has 0 spiro atoms. The van der Waals surface area contributed by atoms with Crippen LogP contribution in [0.25, 0.3) is 0 Å². The summed E-state index contributed by atoms with van der Waals surface area (Å²) in [6.07, 6.45) is -3.56. The van der Waals surface area contributed by atoms with Crippen LogP contribution in [0.15, 0.2) is 0 Å². The molecule has 2 fully saturated rings. The molecule has 5 atom stereocenters. The van der Waals surface area contributed by atoms with Gasteiger partial charge in [0.25, 0.3) is 0 Å². The van der Waals surface area contributed by atoms with Crippen molar-refractivity contribution in [2.45, 2.75) is 44.6 Å². The summed E-state index contributed by atoms with van der Waals surface area (Å²) in [5, 5.41) is 0. The number of fused-ring (bicyclic) bond motifs is 1. The third kappa shape index (κ3) is 3.26. The standard InChI is InChI=1S/C12H18O8/c1-6(13)18-10-9-8(4-16-5-17-9)20-12(15-3)11(10)19-7(2)14/h8-12H,4-5H2,1-3H3/t8-,9-,10+,11-,12+/m1/s1. The summed E-state index contributed by atoms with van der Waals surface area (Å²) in [5.41, 5.74) is 0. The van der Waals surface area contributed by atoms with Gasteiger partial charge in [-0.05, 0) is 0 Å². The molecule has 2 aliphatic heterocycles. The molecule has 8 nitrogen and oxygen atoms in total. The molecule has 2 aliphatic rings. The maximum absolute atomic E-state index is 11.3. The van der Waals surface area contributed by atoms with Crippen LogP contribution in [0, 0.1) is 0 Å². The van der Waals surface area contributed by atoms with Crippen LogP contribution in [0.4, 0.5) is 0 Å². The highest BCUT2D eigenvalue weighted by atomic mass is 16.8. The Hall–Kier alpha value is -1.22. The van der Waals surface area contributed by atoms with Crippen molar-refractivity contribution < 1.29 is 38.0 Å². The molecule has 0 aliphatic carbocycles. The molecule has 114 valence electrons. The Morgan fingerprint density at radius 1 is 1.10 bits per heavy atom. The summed E-state index contributed by atoms with van der Waals surface area (Å²) in [6, 6.07) is 0. The fourth-order valence-electron chi connectivity index (χ4n) is 2.34. The van der Waals surface area contributed by atoms with Crippen molar-refractivity contribution in [2.24, 2.45) is 0 Å². The van der Waals surface area contributed by atoms with Crippen LogP contribution in [-0.2, 0) is 38.0 Å². The van der Waals surface area contributed by atoms with Gasteiger partial charge in [0.1, 0.15) is 19.0 Å². The molecular weight excluding hydrogens is 272 g/mol.